The maximum absolute atomic E-state index is 12.6. The molecular formula is C24H24N2O4. The van der Waals surface area contributed by atoms with E-state index in [2.05, 4.69) is 5.32 Å². The second kappa shape index (κ2) is 7.71. The number of ether oxygens (including phenoxy) is 1. The van der Waals surface area contributed by atoms with Gasteiger partial charge in [-0.2, -0.15) is 0 Å². The maximum Gasteiger partial charge on any atom is 0.339 e. The highest BCUT2D eigenvalue weighted by atomic mass is 16.5. The smallest absolute Gasteiger partial charge is 0.339 e. The molecule has 2 aromatic heterocycles. The molecule has 0 unspecified atom stereocenters. The van der Waals surface area contributed by atoms with Crippen molar-refractivity contribution in [2.45, 2.75) is 26.7 Å². The highest BCUT2D eigenvalue weighted by Crippen LogP contribution is 2.29. The number of aromatic nitrogens is 1. The summed E-state index contributed by atoms with van der Waals surface area (Å²) in [7, 11) is 3.55. The lowest BCUT2D eigenvalue weighted by atomic mass is 10.00. The number of carbonyl (C=O) groups is 1. The Morgan fingerprint density at radius 3 is 2.67 bits per heavy atom. The first kappa shape index (κ1) is 19.8. The van der Waals surface area contributed by atoms with Crippen molar-refractivity contribution in [1.82, 2.24) is 4.57 Å². The summed E-state index contributed by atoms with van der Waals surface area (Å²) < 4.78 is 12.9. The van der Waals surface area contributed by atoms with Crippen LogP contribution in [-0.2, 0) is 18.3 Å². The highest BCUT2D eigenvalue weighted by molar-refractivity contribution is 6.01. The van der Waals surface area contributed by atoms with Crippen LogP contribution in [0.15, 0.2) is 51.8 Å². The quantitative estimate of drug-likeness (QED) is 0.498. The standard InChI is InChI=1S/C24H24N2O4/c1-14-16-8-10-21(29-4)15(2)23(16)30-24(28)17(14)9-11-22(27)25-19-6-5-7-20-18(19)12-13-26(20)3/h5-8,10,12-13H,9,11H2,1-4H3,(H,25,27). The first-order valence-electron chi connectivity index (χ1n) is 9.84. The van der Waals surface area contributed by atoms with E-state index in [4.69, 9.17) is 9.15 Å². The Balaban J connectivity index is 1.57. The summed E-state index contributed by atoms with van der Waals surface area (Å²) in [6, 6.07) is 11.5. The molecular weight excluding hydrogens is 380 g/mol. The van der Waals surface area contributed by atoms with E-state index in [1.54, 1.807) is 7.11 Å². The fraction of sp³-hybridized carbons (Fsp3) is 0.250. The molecule has 6 heteroatoms. The van der Waals surface area contributed by atoms with E-state index in [1.165, 1.54) is 0 Å². The number of carbonyl (C=O) groups excluding carboxylic acids is 1. The second-order valence-electron chi connectivity index (χ2n) is 7.48. The van der Waals surface area contributed by atoms with E-state index in [9.17, 15) is 9.59 Å². The molecule has 30 heavy (non-hydrogen) atoms. The summed E-state index contributed by atoms with van der Waals surface area (Å²) in [6.07, 6.45) is 2.46. The number of anilines is 1. The molecule has 0 radical (unpaired) electrons. The van der Waals surface area contributed by atoms with Crippen molar-refractivity contribution in [1.29, 1.82) is 0 Å². The summed E-state index contributed by atoms with van der Waals surface area (Å²) in [4.78, 5) is 25.2. The molecule has 0 bridgehead atoms. The molecule has 6 nitrogen and oxygen atoms in total. The van der Waals surface area contributed by atoms with Crippen molar-refractivity contribution in [2.24, 2.45) is 7.05 Å². The molecule has 0 fully saturated rings. The van der Waals surface area contributed by atoms with Crippen LogP contribution in [0.2, 0.25) is 0 Å². The van der Waals surface area contributed by atoms with E-state index in [0.29, 0.717) is 23.3 Å². The maximum atomic E-state index is 12.6. The monoisotopic (exact) mass is 404 g/mol. The van der Waals surface area contributed by atoms with Crippen LogP contribution in [-0.4, -0.2) is 17.6 Å². The van der Waals surface area contributed by atoms with Gasteiger partial charge in [0.25, 0.3) is 0 Å². The van der Waals surface area contributed by atoms with E-state index >= 15 is 0 Å². The molecule has 4 aromatic rings. The van der Waals surface area contributed by atoms with Crippen LogP contribution in [0.1, 0.15) is 23.1 Å². The number of nitrogens with one attached hydrogen (secondary N) is 1. The zero-order chi connectivity index (χ0) is 21.4. The lowest BCUT2D eigenvalue weighted by Gasteiger charge is -2.12. The second-order valence-corrected chi connectivity index (χ2v) is 7.48. The normalized spacial score (nSPS) is 11.2. The molecule has 4 rings (SSSR count). The molecule has 154 valence electrons. The first-order valence-corrected chi connectivity index (χ1v) is 9.84. The molecule has 2 heterocycles. The fourth-order valence-electron chi connectivity index (χ4n) is 3.94. The van der Waals surface area contributed by atoms with Gasteiger partial charge >= 0.3 is 5.63 Å². The molecule has 0 spiro atoms. The molecule has 0 aliphatic heterocycles. The molecule has 0 aliphatic carbocycles. The lowest BCUT2D eigenvalue weighted by molar-refractivity contribution is -0.116. The number of rotatable bonds is 5. The van der Waals surface area contributed by atoms with Crippen LogP contribution in [0, 0.1) is 13.8 Å². The first-order chi connectivity index (χ1) is 14.4. The van der Waals surface area contributed by atoms with Crippen molar-refractivity contribution in [3.05, 3.63) is 69.7 Å². The average Bonchev–Trinajstić information content (AvgIpc) is 3.11. The van der Waals surface area contributed by atoms with Crippen LogP contribution in [0.3, 0.4) is 0 Å². The molecule has 0 saturated carbocycles. The summed E-state index contributed by atoms with van der Waals surface area (Å²) in [5, 5.41) is 4.81. The van der Waals surface area contributed by atoms with Crippen LogP contribution in [0.25, 0.3) is 21.9 Å². The number of amides is 1. The topological polar surface area (TPSA) is 73.5 Å². The Kier molecular flexibility index (Phi) is 5.08. The third kappa shape index (κ3) is 3.34. The van der Waals surface area contributed by atoms with Gasteiger partial charge in [-0.15, -0.1) is 0 Å². The highest BCUT2D eigenvalue weighted by Gasteiger charge is 2.16. The van der Waals surface area contributed by atoms with E-state index < -0.39 is 5.63 Å². The summed E-state index contributed by atoms with van der Waals surface area (Å²) in [5.74, 6) is 0.531. The van der Waals surface area contributed by atoms with Gasteiger partial charge in [-0.05, 0) is 56.2 Å². The van der Waals surface area contributed by atoms with Gasteiger partial charge in [0.2, 0.25) is 5.91 Å². The number of methoxy groups -OCH3 is 1. The largest absolute Gasteiger partial charge is 0.496 e. The molecule has 1 N–H and O–H groups in total. The fourth-order valence-corrected chi connectivity index (χ4v) is 3.94. The van der Waals surface area contributed by atoms with Crippen molar-refractivity contribution in [2.75, 3.05) is 12.4 Å². The summed E-state index contributed by atoms with van der Waals surface area (Å²) in [6.45, 7) is 3.75. The third-order valence-electron chi connectivity index (χ3n) is 5.68. The lowest BCUT2D eigenvalue weighted by Crippen LogP contribution is -2.17. The Morgan fingerprint density at radius 2 is 1.90 bits per heavy atom. The van der Waals surface area contributed by atoms with Crippen LogP contribution in [0.5, 0.6) is 5.75 Å². The Bertz CT molecular complexity index is 1330. The average molecular weight is 404 g/mol. The molecule has 0 saturated heterocycles. The van der Waals surface area contributed by atoms with Crippen molar-refractivity contribution >= 4 is 33.5 Å². The minimum atomic E-state index is -0.408. The van der Waals surface area contributed by atoms with Gasteiger partial charge in [0, 0.05) is 47.1 Å². The van der Waals surface area contributed by atoms with Crippen LogP contribution in [0.4, 0.5) is 5.69 Å². The molecule has 0 aliphatic rings. The van der Waals surface area contributed by atoms with Gasteiger partial charge in [0.15, 0.2) is 0 Å². The van der Waals surface area contributed by atoms with Crippen LogP contribution >= 0.6 is 0 Å². The van der Waals surface area contributed by atoms with Crippen molar-refractivity contribution in [3.8, 4) is 5.75 Å². The van der Waals surface area contributed by atoms with Crippen molar-refractivity contribution < 1.29 is 13.9 Å². The summed E-state index contributed by atoms with van der Waals surface area (Å²) in [5.41, 5.74) is 4.09. The predicted molar refractivity (Wildman–Crippen MR) is 118 cm³/mol. The predicted octanol–water partition coefficient (Wildman–Crippen LogP) is 4.48. The number of nitrogens with zero attached hydrogens (tertiary/aromatic N) is 1. The molecule has 1 amide bonds. The third-order valence-corrected chi connectivity index (χ3v) is 5.68. The Morgan fingerprint density at radius 1 is 1.10 bits per heavy atom. The number of benzene rings is 2. The number of hydrogen-bond donors (Lipinski definition) is 1. The van der Waals surface area contributed by atoms with Gasteiger partial charge in [0.1, 0.15) is 11.3 Å². The Labute approximate surface area is 174 Å². The van der Waals surface area contributed by atoms with Gasteiger partial charge in [0.05, 0.1) is 12.8 Å². The zero-order valence-electron chi connectivity index (χ0n) is 17.5. The number of hydrogen-bond acceptors (Lipinski definition) is 4. The minimum Gasteiger partial charge on any atom is -0.496 e. The van der Waals surface area contributed by atoms with Crippen LogP contribution < -0.4 is 15.7 Å². The van der Waals surface area contributed by atoms with Gasteiger partial charge in [-0.1, -0.05) is 6.07 Å². The molecule has 0 atom stereocenters. The van der Waals surface area contributed by atoms with E-state index in [1.807, 2.05) is 68.1 Å². The number of fused-ring (bicyclic) bond motifs is 2. The van der Waals surface area contributed by atoms with E-state index in [0.717, 1.165) is 33.1 Å². The minimum absolute atomic E-state index is 0.142. The molecule has 2 aromatic carbocycles. The SMILES string of the molecule is COc1ccc2c(C)c(CCC(=O)Nc3cccc4c3ccn4C)c(=O)oc2c1C. The van der Waals surface area contributed by atoms with Gasteiger partial charge < -0.3 is 19.0 Å². The number of aryl methyl sites for hydroxylation is 3. The van der Waals surface area contributed by atoms with E-state index in [-0.39, 0.29) is 12.3 Å². The Hall–Kier alpha value is -3.54. The van der Waals surface area contributed by atoms with Crippen molar-refractivity contribution in [3.63, 3.8) is 0 Å². The van der Waals surface area contributed by atoms with Gasteiger partial charge in [-0.3, -0.25) is 4.79 Å². The van der Waals surface area contributed by atoms with Gasteiger partial charge in [-0.25, -0.2) is 4.79 Å². The zero-order valence-corrected chi connectivity index (χ0v) is 17.5. The summed E-state index contributed by atoms with van der Waals surface area (Å²) >= 11 is 0.